The Balaban J connectivity index is 1.73. The molecule has 8 heteroatoms. The Labute approximate surface area is 174 Å². The smallest absolute Gasteiger partial charge is 0.266 e. The number of halogens is 2. The monoisotopic (exact) mass is 427 g/mol. The second-order valence-electron chi connectivity index (χ2n) is 6.43. The zero-order chi connectivity index (χ0) is 20.5. The third-order valence-corrected chi connectivity index (χ3v) is 6.10. The first-order valence-corrected chi connectivity index (χ1v) is 9.93. The summed E-state index contributed by atoms with van der Waals surface area (Å²) in [5, 5.41) is 3.40. The van der Waals surface area contributed by atoms with E-state index >= 15 is 0 Å². The van der Waals surface area contributed by atoms with Crippen LogP contribution < -0.4 is 10.9 Å². The Morgan fingerprint density at radius 3 is 2.69 bits per heavy atom. The maximum Gasteiger partial charge on any atom is 0.266 e. The molecule has 2 aromatic heterocycles. The van der Waals surface area contributed by atoms with Crippen LogP contribution in [0.15, 0.2) is 59.7 Å². The van der Waals surface area contributed by atoms with Gasteiger partial charge in [-0.25, -0.2) is 9.37 Å². The molecule has 1 amide bonds. The van der Waals surface area contributed by atoms with E-state index in [9.17, 15) is 14.0 Å². The number of carbonyl (C=O) groups excluding carboxylic acids is 1. The second-order valence-corrected chi connectivity index (χ2v) is 7.84. The highest BCUT2D eigenvalue weighted by atomic mass is 35.5. The van der Waals surface area contributed by atoms with Crippen LogP contribution in [0.1, 0.15) is 20.8 Å². The van der Waals surface area contributed by atoms with E-state index in [1.807, 2.05) is 18.2 Å². The van der Waals surface area contributed by atoms with Crippen molar-refractivity contribution in [3.8, 4) is 0 Å². The molecular weight excluding hydrogens is 413 g/mol. The van der Waals surface area contributed by atoms with Crippen LogP contribution in [-0.2, 0) is 6.54 Å². The molecule has 0 aliphatic carbocycles. The van der Waals surface area contributed by atoms with Crippen LogP contribution in [0.3, 0.4) is 0 Å². The Bertz CT molecular complexity index is 1260. The highest BCUT2D eigenvalue weighted by molar-refractivity contribution is 7.20. The molecule has 0 aliphatic rings. The molecule has 4 aromatic rings. The van der Waals surface area contributed by atoms with Crippen molar-refractivity contribution in [1.82, 2.24) is 9.55 Å². The van der Waals surface area contributed by atoms with Crippen molar-refractivity contribution >= 4 is 44.7 Å². The van der Waals surface area contributed by atoms with Crippen molar-refractivity contribution in [2.24, 2.45) is 0 Å². The van der Waals surface area contributed by atoms with Crippen molar-refractivity contribution in [1.29, 1.82) is 0 Å². The van der Waals surface area contributed by atoms with Crippen molar-refractivity contribution < 1.29 is 9.18 Å². The lowest BCUT2D eigenvalue weighted by Crippen LogP contribution is -2.22. The summed E-state index contributed by atoms with van der Waals surface area (Å²) in [5.74, 6) is -0.797. The SMILES string of the molecule is Cc1c(C(=O)Nc2ccccc2)sc2ncn(Cc3c(F)cccc3Cl)c(=O)c12. The Hall–Kier alpha value is -3.03. The molecule has 0 fully saturated rings. The highest BCUT2D eigenvalue weighted by Crippen LogP contribution is 2.28. The van der Waals surface area contributed by atoms with Gasteiger partial charge < -0.3 is 5.32 Å². The molecule has 0 spiro atoms. The number of nitrogens with zero attached hydrogens (tertiary/aromatic N) is 2. The summed E-state index contributed by atoms with van der Waals surface area (Å²) in [6.07, 6.45) is 1.35. The number of aryl methyl sites for hydroxylation is 1. The number of para-hydroxylation sites is 1. The van der Waals surface area contributed by atoms with Crippen LogP contribution in [0, 0.1) is 12.7 Å². The average Bonchev–Trinajstić information content (AvgIpc) is 3.04. The van der Waals surface area contributed by atoms with Gasteiger partial charge in [0.2, 0.25) is 0 Å². The number of amides is 1. The highest BCUT2D eigenvalue weighted by Gasteiger charge is 2.20. The lowest BCUT2D eigenvalue weighted by molar-refractivity contribution is 0.103. The van der Waals surface area contributed by atoms with Gasteiger partial charge in [0, 0.05) is 16.3 Å². The van der Waals surface area contributed by atoms with E-state index in [1.165, 1.54) is 23.0 Å². The maximum absolute atomic E-state index is 14.1. The number of fused-ring (bicyclic) bond motifs is 1. The molecule has 0 aliphatic heterocycles. The van der Waals surface area contributed by atoms with Gasteiger partial charge in [-0.15, -0.1) is 11.3 Å². The standard InChI is InChI=1S/C21H15ClFN3O2S/c1-12-17-20(29-18(12)19(27)25-13-6-3-2-4-7-13)24-11-26(21(17)28)10-14-15(22)8-5-9-16(14)23/h2-9,11H,10H2,1H3,(H,25,27). The lowest BCUT2D eigenvalue weighted by atomic mass is 10.2. The largest absolute Gasteiger partial charge is 0.321 e. The van der Waals surface area contributed by atoms with Crippen LogP contribution in [-0.4, -0.2) is 15.5 Å². The summed E-state index contributed by atoms with van der Waals surface area (Å²) < 4.78 is 15.4. The molecule has 29 heavy (non-hydrogen) atoms. The van der Waals surface area contributed by atoms with Crippen molar-refractivity contribution in [3.63, 3.8) is 0 Å². The van der Waals surface area contributed by atoms with E-state index in [1.54, 1.807) is 25.1 Å². The Morgan fingerprint density at radius 2 is 1.97 bits per heavy atom. The first kappa shape index (κ1) is 19.3. The second kappa shape index (κ2) is 7.77. The summed E-state index contributed by atoms with van der Waals surface area (Å²) in [6, 6.07) is 13.4. The van der Waals surface area contributed by atoms with Gasteiger partial charge in [0.05, 0.1) is 23.1 Å². The lowest BCUT2D eigenvalue weighted by Gasteiger charge is -2.08. The zero-order valence-electron chi connectivity index (χ0n) is 15.3. The number of hydrogen-bond acceptors (Lipinski definition) is 4. The van der Waals surface area contributed by atoms with Crippen molar-refractivity contribution in [2.45, 2.75) is 13.5 Å². The summed E-state index contributed by atoms with van der Waals surface area (Å²) >= 11 is 7.23. The van der Waals surface area contributed by atoms with Gasteiger partial charge in [0.1, 0.15) is 10.6 Å². The summed E-state index contributed by atoms with van der Waals surface area (Å²) in [7, 11) is 0. The Morgan fingerprint density at radius 1 is 1.21 bits per heavy atom. The quantitative estimate of drug-likeness (QED) is 0.506. The number of rotatable bonds is 4. The van der Waals surface area contributed by atoms with Crippen LogP contribution in [0.25, 0.3) is 10.2 Å². The fourth-order valence-corrected chi connectivity index (χ4v) is 4.31. The van der Waals surface area contributed by atoms with Crippen LogP contribution in [0.5, 0.6) is 0 Å². The van der Waals surface area contributed by atoms with E-state index in [0.29, 0.717) is 26.3 Å². The molecule has 0 saturated carbocycles. The van der Waals surface area contributed by atoms with E-state index in [-0.39, 0.29) is 28.6 Å². The van der Waals surface area contributed by atoms with Crippen molar-refractivity contribution in [3.05, 3.63) is 92.1 Å². The van der Waals surface area contributed by atoms with E-state index in [2.05, 4.69) is 10.3 Å². The fourth-order valence-electron chi connectivity index (χ4n) is 3.05. The van der Waals surface area contributed by atoms with Crippen LogP contribution in [0.2, 0.25) is 5.02 Å². The number of benzene rings is 2. The minimum atomic E-state index is -0.491. The van der Waals surface area contributed by atoms with Gasteiger partial charge >= 0.3 is 0 Å². The fraction of sp³-hybridized carbons (Fsp3) is 0.0952. The molecule has 0 radical (unpaired) electrons. The zero-order valence-corrected chi connectivity index (χ0v) is 16.9. The summed E-state index contributed by atoms with van der Waals surface area (Å²) in [5.41, 5.74) is 1.08. The van der Waals surface area contributed by atoms with Crippen LogP contribution >= 0.6 is 22.9 Å². The van der Waals surface area contributed by atoms with Gasteiger partial charge in [-0.2, -0.15) is 0 Å². The van der Waals surface area contributed by atoms with Gasteiger partial charge in [0.15, 0.2) is 0 Å². The molecule has 0 unspecified atom stereocenters. The van der Waals surface area contributed by atoms with Gasteiger partial charge in [0.25, 0.3) is 11.5 Å². The van der Waals surface area contributed by atoms with Gasteiger partial charge in [-0.05, 0) is 36.8 Å². The predicted molar refractivity (Wildman–Crippen MR) is 114 cm³/mol. The molecular formula is C21H15ClFN3O2S. The first-order valence-electron chi connectivity index (χ1n) is 8.73. The Kier molecular flexibility index (Phi) is 5.17. The third kappa shape index (κ3) is 3.66. The maximum atomic E-state index is 14.1. The van der Waals surface area contributed by atoms with Crippen molar-refractivity contribution in [2.75, 3.05) is 5.32 Å². The van der Waals surface area contributed by atoms with E-state index < -0.39 is 5.82 Å². The molecule has 0 bridgehead atoms. The number of thiophene rings is 1. The first-order chi connectivity index (χ1) is 14.0. The van der Waals surface area contributed by atoms with E-state index in [0.717, 1.165) is 11.3 Å². The minimum absolute atomic E-state index is 0.0475. The molecule has 146 valence electrons. The molecule has 4 rings (SSSR count). The molecule has 2 heterocycles. The topological polar surface area (TPSA) is 64.0 Å². The van der Waals surface area contributed by atoms with Gasteiger partial charge in [-0.1, -0.05) is 35.9 Å². The predicted octanol–water partition coefficient (Wildman–Crippen LogP) is 4.86. The number of hydrogen-bond donors (Lipinski definition) is 1. The number of aromatic nitrogens is 2. The molecule has 0 saturated heterocycles. The third-order valence-electron chi connectivity index (χ3n) is 4.55. The number of anilines is 1. The average molecular weight is 428 g/mol. The summed E-state index contributed by atoms with van der Waals surface area (Å²) in [4.78, 5) is 30.9. The molecule has 1 N–H and O–H groups in total. The summed E-state index contributed by atoms with van der Waals surface area (Å²) in [6.45, 7) is 1.66. The molecule has 5 nitrogen and oxygen atoms in total. The minimum Gasteiger partial charge on any atom is -0.321 e. The van der Waals surface area contributed by atoms with Crippen LogP contribution in [0.4, 0.5) is 10.1 Å². The molecule has 0 atom stereocenters. The number of carbonyl (C=O) groups is 1. The van der Waals surface area contributed by atoms with Gasteiger partial charge in [-0.3, -0.25) is 14.2 Å². The normalized spacial score (nSPS) is 11.0. The number of nitrogens with one attached hydrogen (secondary N) is 1. The van der Waals surface area contributed by atoms with E-state index in [4.69, 9.17) is 11.6 Å². The molecule has 2 aromatic carbocycles.